The lowest BCUT2D eigenvalue weighted by molar-refractivity contribution is 0.428. The van der Waals surface area contributed by atoms with E-state index in [9.17, 15) is 0 Å². The van der Waals surface area contributed by atoms with Gasteiger partial charge >= 0.3 is 0 Å². The minimum absolute atomic E-state index is 0.816. The van der Waals surface area contributed by atoms with Gasteiger partial charge in [0.2, 0.25) is 0 Å². The molecule has 0 unspecified atom stereocenters. The van der Waals surface area contributed by atoms with E-state index in [1.54, 1.807) is 12.4 Å². The molecule has 4 heteroatoms. The summed E-state index contributed by atoms with van der Waals surface area (Å²) in [6, 6.07) is 4.02. The number of hydrogen-bond donors (Lipinski definition) is 1. The van der Waals surface area contributed by atoms with E-state index >= 15 is 0 Å². The third-order valence-corrected chi connectivity index (χ3v) is 2.52. The van der Waals surface area contributed by atoms with Crippen LogP contribution in [0.1, 0.15) is 19.4 Å². The van der Waals surface area contributed by atoms with Crippen LogP contribution in [0.15, 0.2) is 24.5 Å². The molecule has 82 valence electrons. The molecular weight excluding hydrogens is 206 g/mol. The second-order valence-electron chi connectivity index (χ2n) is 3.21. The number of nitrogens with zero attached hydrogens (tertiary/aromatic N) is 2. The Hall–Kier alpha value is -1.16. The normalized spacial score (nSPS) is 9.73. The lowest BCUT2D eigenvalue weighted by Gasteiger charge is -2.23. The molecule has 0 fully saturated rings. The summed E-state index contributed by atoms with van der Waals surface area (Å²) in [5.74, 6) is 0. The molecule has 0 aliphatic rings. The van der Waals surface area contributed by atoms with E-state index in [-0.39, 0.29) is 0 Å². The molecule has 3 nitrogen and oxygen atoms in total. The smallest absolute Gasteiger partial charge is 0.169 e. The Labute approximate surface area is 96.5 Å². The molecule has 0 bridgehead atoms. The molecular formula is C11H17N3S. The van der Waals surface area contributed by atoms with Crippen molar-refractivity contribution in [3.05, 3.63) is 30.1 Å². The van der Waals surface area contributed by atoms with Crippen molar-refractivity contribution in [2.45, 2.75) is 20.4 Å². The van der Waals surface area contributed by atoms with Gasteiger partial charge in [0.1, 0.15) is 0 Å². The van der Waals surface area contributed by atoms with Crippen LogP contribution in [0.25, 0.3) is 0 Å². The van der Waals surface area contributed by atoms with Crippen LogP contribution in [-0.2, 0) is 6.54 Å². The molecule has 0 aromatic carbocycles. The zero-order chi connectivity index (χ0) is 11.1. The van der Waals surface area contributed by atoms with Crippen LogP contribution < -0.4 is 5.32 Å². The van der Waals surface area contributed by atoms with Crippen LogP contribution in [0.5, 0.6) is 0 Å². The highest BCUT2D eigenvalue weighted by Crippen LogP contribution is 2.03. The van der Waals surface area contributed by atoms with Crippen LogP contribution in [0.2, 0.25) is 0 Å². The van der Waals surface area contributed by atoms with E-state index in [4.69, 9.17) is 12.2 Å². The Morgan fingerprint density at radius 1 is 1.40 bits per heavy atom. The summed E-state index contributed by atoms with van der Waals surface area (Å²) < 4.78 is 0. The molecule has 0 spiro atoms. The Kier molecular flexibility index (Phi) is 5.04. The molecule has 0 aliphatic carbocycles. The van der Waals surface area contributed by atoms with E-state index in [1.165, 1.54) is 5.56 Å². The first-order valence-electron chi connectivity index (χ1n) is 5.19. The number of rotatable bonds is 4. The zero-order valence-electron chi connectivity index (χ0n) is 9.23. The van der Waals surface area contributed by atoms with Crippen molar-refractivity contribution >= 4 is 17.3 Å². The fourth-order valence-corrected chi connectivity index (χ4v) is 1.64. The first-order chi connectivity index (χ1) is 7.27. The van der Waals surface area contributed by atoms with Gasteiger partial charge in [0.25, 0.3) is 0 Å². The standard InChI is InChI=1S/C11H17N3S/c1-3-13-11(15)14(4-2)9-10-5-7-12-8-6-10/h5-8H,3-4,9H2,1-2H3,(H,13,15). The predicted octanol–water partition coefficient (Wildman–Crippen LogP) is 1.80. The van der Waals surface area contributed by atoms with Gasteiger partial charge in [0, 0.05) is 32.0 Å². The molecule has 0 aliphatic heterocycles. The fraction of sp³-hybridized carbons (Fsp3) is 0.455. The maximum atomic E-state index is 5.27. The van der Waals surface area contributed by atoms with Crippen molar-refractivity contribution in [1.29, 1.82) is 0 Å². The molecule has 1 N–H and O–H groups in total. The van der Waals surface area contributed by atoms with Crippen molar-refractivity contribution in [3.8, 4) is 0 Å². The highest BCUT2D eigenvalue weighted by atomic mass is 32.1. The monoisotopic (exact) mass is 223 g/mol. The van der Waals surface area contributed by atoms with Crippen molar-refractivity contribution in [2.75, 3.05) is 13.1 Å². The maximum Gasteiger partial charge on any atom is 0.169 e. The molecule has 1 aromatic heterocycles. The molecule has 0 saturated carbocycles. The second kappa shape index (κ2) is 6.35. The summed E-state index contributed by atoms with van der Waals surface area (Å²) in [6.07, 6.45) is 3.61. The number of hydrogen-bond acceptors (Lipinski definition) is 2. The SMILES string of the molecule is CCNC(=S)N(CC)Cc1ccncc1. The van der Waals surface area contributed by atoms with Gasteiger partial charge in [-0.05, 0) is 43.8 Å². The van der Waals surface area contributed by atoms with Gasteiger partial charge in [-0.15, -0.1) is 0 Å². The third-order valence-electron chi connectivity index (χ3n) is 2.12. The fourth-order valence-electron chi connectivity index (χ4n) is 1.30. The first kappa shape index (κ1) is 11.9. The Morgan fingerprint density at radius 2 is 2.07 bits per heavy atom. The van der Waals surface area contributed by atoms with E-state index in [0.717, 1.165) is 24.7 Å². The van der Waals surface area contributed by atoms with Gasteiger partial charge in [-0.3, -0.25) is 4.98 Å². The number of nitrogens with one attached hydrogen (secondary N) is 1. The van der Waals surface area contributed by atoms with Crippen LogP contribution in [0.3, 0.4) is 0 Å². The average Bonchev–Trinajstić information content (AvgIpc) is 2.27. The number of aromatic nitrogens is 1. The average molecular weight is 223 g/mol. The quantitative estimate of drug-likeness (QED) is 0.788. The Bertz CT molecular complexity index is 300. The van der Waals surface area contributed by atoms with E-state index in [2.05, 4.69) is 22.1 Å². The van der Waals surface area contributed by atoms with Gasteiger partial charge < -0.3 is 10.2 Å². The third kappa shape index (κ3) is 3.83. The molecule has 0 atom stereocenters. The van der Waals surface area contributed by atoms with E-state index < -0.39 is 0 Å². The van der Waals surface area contributed by atoms with Crippen LogP contribution >= 0.6 is 12.2 Å². The summed E-state index contributed by atoms with van der Waals surface area (Å²) in [5.41, 5.74) is 1.23. The second-order valence-corrected chi connectivity index (χ2v) is 3.59. The van der Waals surface area contributed by atoms with Gasteiger partial charge in [0.15, 0.2) is 5.11 Å². The summed E-state index contributed by atoms with van der Waals surface area (Å²) in [5, 5.41) is 3.98. The highest BCUT2D eigenvalue weighted by molar-refractivity contribution is 7.80. The first-order valence-corrected chi connectivity index (χ1v) is 5.60. The predicted molar refractivity (Wildman–Crippen MR) is 66.6 cm³/mol. The van der Waals surface area contributed by atoms with Gasteiger partial charge in [-0.25, -0.2) is 0 Å². The van der Waals surface area contributed by atoms with Crippen LogP contribution in [0, 0.1) is 0 Å². The zero-order valence-corrected chi connectivity index (χ0v) is 10.0. The lowest BCUT2D eigenvalue weighted by Crippen LogP contribution is -2.38. The van der Waals surface area contributed by atoms with Crippen molar-refractivity contribution in [2.24, 2.45) is 0 Å². The minimum Gasteiger partial charge on any atom is -0.363 e. The Balaban J connectivity index is 2.58. The molecule has 0 amide bonds. The van der Waals surface area contributed by atoms with Crippen molar-refractivity contribution < 1.29 is 0 Å². The number of pyridine rings is 1. The van der Waals surface area contributed by atoms with Gasteiger partial charge in [-0.2, -0.15) is 0 Å². The molecule has 1 heterocycles. The van der Waals surface area contributed by atoms with Crippen molar-refractivity contribution in [1.82, 2.24) is 15.2 Å². The lowest BCUT2D eigenvalue weighted by atomic mass is 10.2. The summed E-state index contributed by atoms with van der Waals surface area (Å²) in [4.78, 5) is 6.13. The molecule has 15 heavy (non-hydrogen) atoms. The van der Waals surface area contributed by atoms with Crippen molar-refractivity contribution in [3.63, 3.8) is 0 Å². The Morgan fingerprint density at radius 3 is 2.60 bits per heavy atom. The molecule has 1 aromatic rings. The van der Waals surface area contributed by atoms with Gasteiger partial charge in [-0.1, -0.05) is 0 Å². The van der Waals surface area contributed by atoms with Crippen LogP contribution in [0.4, 0.5) is 0 Å². The minimum atomic E-state index is 0.816. The number of thiocarbonyl (C=S) groups is 1. The summed E-state index contributed by atoms with van der Waals surface area (Å²) in [7, 11) is 0. The largest absolute Gasteiger partial charge is 0.363 e. The summed E-state index contributed by atoms with van der Waals surface area (Å²) >= 11 is 5.27. The molecule has 1 rings (SSSR count). The molecule has 0 saturated heterocycles. The molecule has 0 radical (unpaired) electrons. The highest BCUT2D eigenvalue weighted by Gasteiger charge is 2.06. The summed E-state index contributed by atoms with van der Waals surface area (Å²) in [6.45, 7) is 6.77. The van der Waals surface area contributed by atoms with Crippen LogP contribution in [-0.4, -0.2) is 28.1 Å². The maximum absolute atomic E-state index is 5.27. The topological polar surface area (TPSA) is 28.2 Å². The van der Waals surface area contributed by atoms with E-state index in [0.29, 0.717) is 0 Å². The van der Waals surface area contributed by atoms with Gasteiger partial charge in [0.05, 0.1) is 0 Å². The van der Waals surface area contributed by atoms with E-state index in [1.807, 2.05) is 19.1 Å².